The number of rotatable bonds is 4. The molecule has 0 saturated heterocycles. The third-order valence-corrected chi connectivity index (χ3v) is 4.55. The number of aromatic nitrogens is 2. The number of halogens is 1. The van der Waals surface area contributed by atoms with Crippen LogP contribution in [0.15, 0.2) is 53.6 Å². The second-order valence-electron chi connectivity index (χ2n) is 5.35. The Morgan fingerprint density at radius 3 is 2.58 bits per heavy atom. The highest BCUT2D eigenvalue weighted by molar-refractivity contribution is 8.00. The van der Waals surface area contributed by atoms with Gasteiger partial charge in [-0.15, -0.1) is 0 Å². The number of hydrogen-bond acceptors (Lipinski definition) is 4. The van der Waals surface area contributed by atoms with Gasteiger partial charge < -0.3 is 5.32 Å². The second-order valence-corrected chi connectivity index (χ2v) is 6.68. The van der Waals surface area contributed by atoms with E-state index in [1.807, 2.05) is 38.1 Å². The fourth-order valence-corrected chi connectivity index (χ4v) is 3.23. The number of carbonyl (C=O) groups excluding carboxylic acids is 1. The van der Waals surface area contributed by atoms with Gasteiger partial charge in [0.15, 0.2) is 0 Å². The standard InChI is InChI=1S/C18H16FN3OS/c1-11(17(23)22-14-9-7-13(19)8-10-14)24-18-15-5-3-4-6-16(15)20-12(2)21-18/h3-11H,1-2H3,(H,22,23)/t11-/m1/s1. The fraction of sp³-hybridized carbons (Fsp3) is 0.167. The monoisotopic (exact) mass is 341 g/mol. The molecule has 2 aromatic carbocycles. The van der Waals surface area contributed by atoms with Crippen LogP contribution in [0.1, 0.15) is 12.7 Å². The largest absolute Gasteiger partial charge is 0.325 e. The first-order valence-corrected chi connectivity index (χ1v) is 8.37. The smallest absolute Gasteiger partial charge is 0.237 e. The maximum atomic E-state index is 12.9. The first kappa shape index (κ1) is 16.4. The predicted octanol–water partition coefficient (Wildman–Crippen LogP) is 4.20. The van der Waals surface area contributed by atoms with E-state index < -0.39 is 0 Å². The second kappa shape index (κ2) is 6.97. The first-order chi connectivity index (χ1) is 11.5. The van der Waals surface area contributed by atoms with E-state index in [4.69, 9.17) is 0 Å². The van der Waals surface area contributed by atoms with Crippen LogP contribution in [0, 0.1) is 12.7 Å². The number of nitrogens with one attached hydrogen (secondary N) is 1. The molecule has 0 aliphatic rings. The van der Waals surface area contributed by atoms with Crippen molar-refractivity contribution in [3.8, 4) is 0 Å². The lowest BCUT2D eigenvalue weighted by Gasteiger charge is -2.13. The van der Waals surface area contributed by atoms with Gasteiger partial charge in [-0.3, -0.25) is 4.79 Å². The Morgan fingerprint density at radius 1 is 1.12 bits per heavy atom. The number of anilines is 1. The van der Waals surface area contributed by atoms with Gasteiger partial charge in [0, 0.05) is 11.1 Å². The molecule has 122 valence electrons. The van der Waals surface area contributed by atoms with Crippen molar-refractivity contribution in [2.24, 2.45) is 0 Å². The number of thioether (sulfide) groups is 1. The Morgan fingerprint density at radius 2 is 1.83 bits per heavy atom. The summed E-state index contributed by atoms with van der Waals surface area (Å²) in [5, 5.41) is 4.13. The summed E-state index contributed by atoms with van der Waals surface area (Å²) < 4.78 is 12.9. The molecule has 0 saturated carbocycles. The molecule has 1 heterocycles. The maximum Gasteiger partial charge on any atom is 0.237 e. The van der Waals surface area contributed by atoms with Crippen molar-refractivity contribution in [2.75, 3.05) is 5.32 Å². The number of aryl methyl sites for hydroxylation is 1. The van der Waals surface area contributed by atoms with Crippen LogP contribution in [0.3, 0.4) is 0 Å². The molecule has 1 N–H and O–H groups in total. The van der Waals surface area contributed by atoms with E-state index in [1.165, 1.54) is 36.0 Å². The number of carbonyl (C=O) groups is 1. The molecular formula is C18H16FN3OS. The molecule has 0 bridgehead atoms. The van der Waals surface area contributed by atoms with Gasteiger partial charge in [0.25, 0.3) is 0 Å². The lowest BCUT2D eigenvalue weighted by molar-refractivity contribution is -0.115. The van der Waals surface area contributed by atoms with E-state index in [0.717, 1.165) is 15.9 Å². The molecule has 0 fully saturated rings. The van der Waals surface area contributed by atoms with Crippen LogP contribution < -0.4 is 5.32 Å². The number of amides is 1. The molecular weight excluding hydrogens is 325 g/mol. The van der Waals surface area contributed by atoms with Gasteiger partial charge >= 0.3 is 0 Å². The molecule has 3 aromatic rings. The zero-order chi connectivity index (χ0) is 17.1. The van der Waals surface area contributed by atoms with E-state index >= 15 is 0 Å². The SMILES string of the molecule is Cc1nc(S[C@H](C)C(=O)Nc2ccc(F)cc2)c2ccccc2n1. The minimum atomic E-state index is -0.354. The van der Waals surface area contributed by atoms with Gasteiger partial charge in [-0.25, -0.2) is 14.4 Å². The Hall–Kier alpha value is -2.47. The fourth-order valence-electron chi connectivity index (χ4n) is 2.25. The summed E-state index contributed by atoms with van der Waals surface area (Å²) in [6.07, 6.45) is 0. The van der Waals surface area contributed by atoms with Crippen molar-refractivity contribution in [2.45, 2.75) is 24.1 Å². The number of benzene rings is 2. The van der Waals surface area contributed by atoms with Gasteiger partial charge in [-0.05, 0) is 44.2 Å². The Kier molecular flexibility index (Phi) is 4.76. The molecule has 4 nitrogen and oxygen atoms in total. The van der Waals surface area contributed by atoms with Crippen molar-refractivity contribution in [1.82, 2.24) is 9.97 Å². The topological polar surface area (TPSA) is 54.9 Å². The maximum absolute atomic E-state index is 12.9. The summed E-state index contributed by atoms with van der Waals surface area (Å²) in [5.74, 6) is 0.174. The molecule has 0 aliphatic heterocycles. The van der Waals surface area contributed by atoms with E-state index in [9.17, 15) is 9.18 Å². The van der Waals surface area contributed by atoms with Crippen LogP contribution in [0.25, 0.3) is 10.9 Å². The van der Waals surface area contributed by atoms with Crippen LogP contribution in [-0.4, -0.2) is 21.1 Å². The van der Waals surface area contributed by atoms with Gasteiger partial charge in [0.2, 0.25) is 5.91 Å². The third-order valence-electron chi connectivity index (χ3n) is 3.45. The van der Waals surface area contributed by atoms with E-state index in [0.29, 0.717) is 11.5 Å². The lowest BCUT2D eigenvalue weighted by Crippen LogP contribution is -2.22. The molecule has 0 aliphatic carbocycles. The van der Waals surface area contributed by atoms with Crippen molar-refractivity contribution in [3.05, 3.63) is 60.2 Å². The third kappa shape index (κ3) is 3.71. The van der Waals surface area contributed by atoms with Gasteiger partial charge in [0.05, 0.1) is 10.8 Å². The van der Waals surface area contributed by atoms with E-state index in [2.05, 4.69) is 15.3 Å². The van der Waals surface area contributed by atoms with E-state index in [1.54, 1.807) is 0 Å². The molecule has 1 atom stereocenters. The summed E-state index contributed by atoms with van der Waals surface area (Å²) in [7, 11) is 0. The van der Waals surface area contributed by atoms with Crippen LogP contribution in [0.2, 0.25) is 0 Å². The number of para-hydroxylation sites is 1. The zero-order valence-electron chi connectivity index (χ0n) is 13.3. The summed E-state index contributed by atoms with van der Waals surface area (Å²) in [5.41, 5.74) is 1.43. The van der Waals surface area contributed by atoms with Crippen molar-refractivity contribution in [3.63, 3.8) is 0 Å². The highest BCUT2D eigenvalue weighted by atomic mass is 32.2. The molecule has 0 spiro atoms. The van der Waals surface area contributed by atoms with Crippen molar-refractivity contribution in [1.29, 1.82) is 0 Å². The molecule has 3 rings (SSSR count). The van der Waals surface area contributed by atoms with Crippen LogP contribution in [0.5, 0.6) is 0 Å². The van der Waals surface area contributed by atoms with Crippen LogP contribution in [-0.2, 0) is 4.79 Å². The lowest BCUT2D eigenvalue weighted by atomic mass is 10.2. The highest BCUT2D eigenvalue weighted by Gasteiger charge is 2.17. The van der Waals surface area contributed by atoms with Gasteiger partial charge in [0.1, 0.15) is 16.7 Å². The predicted molar refractivity (Wildman–Crippen MR) is 94.6 cm³/mol. The molecule has 1 aromatic heterocycles. The summed E-state index contributed by atoms with van der Waals surface area (Å²) in [6, 6.07) is 13.4. The minimum Gasteiger partial charge on any atom is -0.325 e. The van der Waals surface area contributed by atoms with Crippen molar-refractivity contribution >= 4 is 34.3 Å². The van der Waals surface area contributed by atoms with Gasteiger partial charge in [-0.2, -0.15) is 0 Å². The molecule has 6 heteroatoms. The highest BCUT2D eigenvalue weighted by Crippen LogP contribution is 2.29. The zero-order valence-corrected chi connectivity index (χ0v) is 14.1. The number of hydrogen-bond donors (Lipinski definition) is 1. The van der Waals surface area contributed by atoms with Gasteiger partial charge in [-0.1, -0.05) is 30.0 Å². The van der Waals surface area contributed by atoms with Crippen molar-refractivity contribution < 1.29 is 9.18 Å². The molecule has 1 amide bonds. The number of nitrogens with zero attached hydrogens (tertiary/aromatic N) is 2. The van der Waals surface area contributed by atoms with Crippen LogP contribution >= 0.6 is 11.8 Å². The number of fused-ring (bicyclic) bond motifs is 1. The van der Waals surface area contributed by atoms with Crippen LogP contribution in [0.4, 0.5) is 10.1 Å². The summed E-state index contributed by atoms with van der Waals surface area (Å²) in [6.45, 7) is 3.65. The molecule has 24 heavy (non-hydrogen) atoms. The average Bonchev–Trinajstić information content (AvgIpc) is 2.56. The molecule has 0 unspecified atom stereocenters. The van der Waals surface area contributed by atoms with E-state index in [-0.39, 0.29) is 17.0 Å². The quantitative estimate of drug-likeness (QED) is 0.571. The molecule has 0 radical (unpaired) electrons. The summed E-state index contributed by atoms with van der Waals surface area (Å²) in [4.78, 5) is 21.2. The Labute approximate surface area is 143 Å². The first-order valence-electron chi connectivity index (χ1n) is 7.49. The normalized spacial score (nSPS) is 12.1. The Bertz CT molecular complexity index is 883. The average molecular weight is 341 g/mol. The minimum absolute atomic E-state index is 0.160. The Balaban J connectivity index is 1.78. The summed E-state index contributed by atoms with van der Waals surface area (Å²) >= 11 is 1.38.